The van der Waals surface area contributed by atoms with Crippen molar-refractivity contribution in [3.8, 4) is 0 Å². The number of aliphatic hydroxyl groups excluding tert-OH is 1. The molecule has 3 unspecified atom stereocenters. The highest BCUT2D eigenvalue weighted by Crippen LogP contribution is 2.26. The van der Waals surface area contributed by atoms with Crippen LogP contribution in [0.5, 0.6) is 0 Å². The number of fused-ring (bicyclic) bond motifs is 1. The van der Waals surface area contributed by atoms with Crippen LogP contribution in [0.4, 0.5) is 4.79 Å². The molecule has 2 N–H and O–H groups in total. The largest absolute Gasteiger partial charge is 0.459 e. The Labute approximate surface area is 142 Å². The van der Waals surface area contributed by atoms with Gasteiger partial charge in [0.25, 0.3) is 0 Å². The third kappa shape index (κ3) is 3.73. The molecule has 3 atom stereocenters. The minimum absolute atomic E-state index is 0.138. The molecule has 2 amide bonds. The average Bonchev–Trinajstić information content (AvgIpc) is 3.01. The monoisotopic (exact) mass is 330 g/mol. The molecule has 2 aromatic rings. The van der Waals surface area contributed by atoms with Gasteiger partial charge in [-0.3, -0.25) is 0 Å². The molecule has 0 saturated heterocycles. The lowest BCUT2D eigenvalue weighted by molar-refractivity contribution is 0.0562. The van der Waals surface area contributed by atoms with Crippen LogP contribution in [-0.2, 0) is 0 Å². The number of hydrogen-bond acceptors (Lipinski definition) is 3. The van der Waals surface area contributed by atoms with Gasteiger partial charge in [0.05, 0.1) is 12.1 Å². The molecular weight excluding hydrogens is 304 g/mol. The molecule has 0 aliphatic heterocycles. The van der Waals surface area contributed by atoms with Crippen molar-refractivity contribution < 1.29 is 14.3 Å². The van der Waals surface area contributed by atoms with Gasteiger partial charge in [-0.2, -0.15) is 0 Å². The summed E-state index contributed by atoms with van der Waals surface area (Å²) in [6, 6.07) is 9.43. The second-order valence-corrected chi connectivity index (χ2v) is 6.85. The summed E-state index contributed by atoms with van der Waals surface area (Å²) in [5.41, 5.74) is 0.826. The maximum Gasteiger partial charge on any atom is 0.317 e. The Bertz CT molecular complexity index is 664. The molecule has 1 fully saturated rings. The highest BCUT2D eigenvalue weighted by atomic mass is 16.3. The summed E-state index contributed by atoms with van der Waals surface area (Å²) in [6.45, 7) is 2.50. The normalized spacial score (nSPS) is 22.3. The van der Waals surface area contributed by atoms with E-state index < -0.39 is 0 Å². The van der Waals surface area contributed by atoms with Crippen LogP contribution in [0.2, 0.25) is 0 Å². The Morgan fingerprint density at radius 1 is 1.38 bits per heavy atom. The smallest absolute Gasteiger partial charge is 0.317 e. The van der Waals surface area contributed by atoms with Gasteiger partial charge in [0.2, 0.25) is 0 Å². The molecule has 1 heterocycles. The topological polar surface area (TPSA) is 65.7 Å². The Morgan fingerprint density at radius 3 is 2.88 bits per heavy atom. The Morgan fingerprint density at radius 2 is 2.12 bits per heavy atom. The van der Waals surface area contributed by atoms with E-state index in [2.05, 4.69) is 5.32 Å². The number of aliphatic hydroxyl groups is 1. The van der Waals surface area contributed by atoms with E-state index in [1.165, 1.54) is 0 Å². The van der Waals surface area contributed by atoms with Crippen LogP contribution in [-0.4, -0.2) is 35.7 Å². The predicted molar refractivity (Wildman–Crippen MR) is 93.8 cm³/mol. The van der Waals surface area contributed by atoms with Gasteiger partial charge in [-0.1, -0.05) is 31.0 Å². The van der Waals surface area contributed by atoms with Gasteiger partial charge in [-0.25, -0.2) is 4.79 Å². The number of rotatable bonds is 4. The van der Waals surface area contributed by atoms with E-state index in [4.69, 9.17) is 4.42 Å². The maximum atomic E-state index is 12.4. The number of nitrogens with one attached hydrogen (secondary N) is 1. The predicted octanol–water partition coefficient (Wildman–Crippen LogP) is 3.69. The van der Waals surface area contributed by atoms with Crippen molar-refractivity contribution in [3.05, 3.63) is 36.1 Å². The molecule has 1 aliphatic rings. The highest BCUT2D eigenvalue weighted by Gasteiger charge is 2.26. The number of hydrogen-bond donors (Lipinski definition) is 2. The molecule has 24 heavy (non-hydrogen) atoms. The number of carbonyl (C=O) groups is 1. The maximum absolute atomic E-state index is 12.4. The Balaban J connectivity index is 1.58. The summed E-state index contributed by atoms with van der Waals surface area (Å²) in [4.78, 5) is 14.1. The second kappa shape index (κ2) is 7.26. The minimum atomic E-state index is -0.290. The van der Waals surface area contributed by atoms with Crippen molar-refractivity contribution >= 4 is 17.0 Å². The van der Waals surface area contributed by atoms with Gasteiger partial charge >= 0.3 is 6.03 Å². The van der Waals surface area contributed by atoms with Gasteiger partial charge in [0.15, 0.2) is 0 Å². The van der Waals surface area contributed by atoms with Crippen molar-refractivity contribution in [2.24, 2.45) is 5.92 Å². The van der Waals surface area contributed by atoms with Crippen LogP contribution < -0.4 is 5.32 Å². The van der Waals surface area contributed by atoms with E-state index in [-0.39, 0.29) is 24.1 Å². The summed E-state index contributed by atoms with van der Waals surface area (Å²) in [5, 5.41) is 14.1. The molecule has 1 aliphatic carbocycles. The van der Waals surface area contributed by atoms with Gasteiger partial charge in [-0.05, 0) is 31.9 Å². The number of urea groups is 1. The molecule has 0 bridgehead atoms. The first-order chi connectivity index (χ1) is 11.5. The van der Waals surface area contributed by atoms with Crippen LogP contribution in [0, 0.1) is 5.92 Å². The highest BCUT2D eigenvalue weighted by molar-refractivity contribution is 5.78. The van der Waals surface area contributed by atoms with Crippen LogP contribution in [0.15, 0.2) is 34.7 Å². The Kier molecular flexibility index (Phi) is 5.09. The molecule has 1 aromatic carbocycles. The zero-order valence-corrected chi connectivity index (χ0v) is 14.4. The first-order valence-corrected chi connectivity index (χ1v) is 8.73. The third-order valence-electron chi connectivity index (χ3n) is 4.94. The van der Waals surface area contributed by atoms with Gasteiger partial charge in [-0.15, -0.1) is 0 Å². The van der Waals surface area contributed by atoms with E-state index in [0.717, 1.165) is 42.4 Å². The fraction of sp³-hybridized carbons (Fsp3) is 0.526. The van der Waals surface area contributed by atoms with Crippen LogP contribution in [0.1, 0.15) is 44.4 Å². The zero-order valence-electron chi connectivity index (χ0n) is 14.4. The Hall–Kier alpha value is -2.01. The lowest BCUT2D eigenvalue weighted by Crippen LogP contribution is -2.43. The number of nitrogens with zero attached hydrogens (tertiary/aromatic N) is 1. The number of amides is 2. The standard InChI is InChI=1S/C19H26N2O3/c1-13(18-11-14-7-4-6-10-17(14)24-18)20-19(23)21(2)12-15-8-3-5-9-16(15)22/h4,6-7,10-11,13,15-16,22H,3,5,8-9,12H2,1-2H3,(H,20,23). The zero-order chi connectivity index (χ0) is 17.1. The lowest BCUT2D eigenvalue weighted by atomic mass is 9.86. The SMILES string of the molecule is CC(NC(=O)N(C)CC1CCCCC1O)c1cc2ccccc2o1. The number of benzene rings is 1. The van der Waals surface area contributed by atoms with Crippen LogP contribution >= 0.6 is 0 Å². The fourth-order valence-electron chi connectivity index (χ4n) is 3.42. The molecule has 1 aromatic heterocycles. The molecule has 3 rings (SSSR count). The number of furan rings is 1. The molecule has 1 saturated carbocycles. The van der Waals surface area contributed by atoms with Crippen molar-refractivity contribution in [1.82, 2.24) is 10.2 Å². The summed E-state index contributed by atoms with van der Waals surface area (Å²) in [7, 11) is 1.78. The summed E-state index contributed by atoms with van der Waals surface area (Å²) < 4.78 is 5.80. The lowest BCUT2D eigenvalue weighted by Gasteiger charge is -2.31. The van der Waals surface area contributed by atoms with Crippen LogP contribution in [0.3, 0.4) is 0 Å². The van der Waals surface area contributed by atoms with Gasteiger partial charge in [0.1, 0.15) is 11.3 Å². The van der Waals surface area contributed by atoms with Crippen molar-refractivity contribution in [1.29, 1.82) is 0 Å². The van der Waals surface area contributed by atoms with Gasteiger partial charge < -0.3 is 19.7 Å². The summed E-state index contributed by atoms with van der Waals surface area (Å²) in [6.07, 6.45) is 3.75. The van der Waals surface area contributed by atoms with Crippen molar-refractivity contribution in [2.45, 2.75) is 44.8 Å². The first-order valence-electron chi connectivity index (χ1n) is 8.73. The van der Waals surface area contributed by atoms with E-state index >= 15 is 0 Å². The number of para-hydroxylation sites is 1. The van der Waals surface area contributed by atoms with Crippen molar-refractivity contribution in [2.75, 3.05) is 13.6 Å². The third-order valence-corrected chi connectivity index (χ3v) is 4.94. The minimum Gasteiger partial charge on any atom is -0.459 e. The molecule has 5 heteroatoms. The molecule has 130 valence electrons. The summed E-state index contributed by atoms with van der Waals surface area (Å²) in [5.74, 6) is 0.923. The van der Waals surface area contributed by atoms with Crippen molar-refractivity contribution in [3.63, 3.8) is 0 Å². The van der Waals surface area contributed by atoms with E-state index in [9.17, 15) is 9.90 Å². The van der Waals surface area contributed by atoms with Crippen LogP contribution in [0.25, 0.3) is 11.0 Å². The fourth-order valence-corrected chi connectivity index (χ4v) is 3.42. The number of carbonyl (C=O) groups excluding carboxylic acids is 1. The molecule has 0 radical (unpaired) electrons. The quantitative estimate of drug-likeness (QED) is 0.898. The van der Waals surface area contributed by atoms with E-state index in [1.807, 2.05) is 37.3 Å². The average molecular weight is 330 g/mol. The molecule has 0 spiro atoms. The van der Waals surface area contributed by atoms with Gasteiger partial charge in [0, 0.05) is 24.9 Å². The second-order valence-electron chi connectivity index (χ2n) is 6.85. The first kappa shape index (κ1) is 16.8. The van der Waals surface area contributed by atoms with E-state index in [1.54, 1.807) is 11.9 Å². The molecule has 5 nitrogen and oxygen atoms in total. The summed E-state index contributed by atoms with van der Waals surface area (Å²) >= 11 is 0. The molecular formula is C19H26N2O3. The van der Waals surface area contributed by atoms with E-state index in [0.29, 0.717) is 6.54 Å².